The van der Waals surface area contributed by atoms with E-state index in [9.17, 15) is 8.78 Å². The van der Waals surface area contributed by atoms with E-state index in [0.717, 1.165) is 4.90 Å². The molecule has 0 saturated carbocycles. The Hall–Kier alpha value is -1.06. The van der Waals surface area contributed by atoms with Crippen molar-refractivity contribution in [2.45, 2.75) is 10.6 Å². The summed E-state index contributed by atoms with van der Waals surface area (Å²) in [6.07, 6.45) is 0. The van der Waals surface area contributed by atoms with Gasteiger partial charge in [-0.2, -0.15) is 0 Å². The summed E-state index contributed by atoms with van der Waals surface area (Å²) >= 11 is 7.12. The van der Waals surface area contributed by atoms with E-state index in [1.54, 1.807) is 12.1 Å². The predicted molar refractivity (Wildman–Crippen MR) is 67.4 cm³/mol. The van der Waals surface area contributed by atoms with Gasteiger partial charge in [-0.05, 0) is 36.4 Å². The minimum Gasteiger partial charge on any atom is -0.207 e. The highest BCUT2D eigenvalue weighted by Crippen LogP contribution is 2.26. The van der Waals surface area contributed by atoms with Gasteiger partial charge in [-0.15, -0.1) is 11.8 Å². The molecule has 0 radical (unpaired) electrons. The minimum atomic E-state index is -0.508. The van der Waals surface area contributed by atoms with Crippen LogP contribution in [-0.4, -0.2) is 0 Å². The molecule has 0 aliphatic carbocycles. The lowest BCUT2D eigenvalue weighted by atomic mass is 10.2. The topological polar surface area (TPSA) is 0 Å². The van der Waals surface area contributed by atoms with Crippen molar-refractivity contribution in [3.8, 4) is 0 Å². The number of hydrogen-bond donors (Lipinski definition) is 0. The first-order valence-corrected chi connectivity index (χ1v) is 6.34. The summed E-state index contributed by atoms with van der Waals surface area (Å²) in [5.74, 6) is -0.752. The highest BCUT2D eigenvalue weighted by atomic mass is 35.5. The number of hydrogen-bond acceptors (Lipinski definition) is 1. The minimum absolute atomic E-state index is 0.104. The lowest BCUT2D eigenvalue weighted by molar-refractivity contribution is 0.566. The molecule has 0 spiro atoms. The van der Waals surface area contributed by atoms with Gasteiger partial charge in [0.25, 0.3) is 0 Å². The fourth-order valence-electron chi connectivity index (χ4n) is 1.36. The van der Waals surface area contributed by atoms with E-state index >= 15 is 0 Å². The van der Waals surface area contributed by atoms with Crippen LogP contribution in [-0.2, 0) is 5.75 Å². The van der Waals surface area contributed by atoms with Crippen LogP contribution in [0.1, 0.15) is 5.56 Å². The summed E-state index contributed by atoms with van der Waals surface area (Å²) in [7, 11) is 0. The first-order valence-electron chi connectivity index (χ1n) is 4.98. The van der Waals surface area contributed by atoms with Gasteiger partial charge in [0.15, 0.2) is 0 Å². The molecule has 0 saturated heterocycles. The Kier molecular flexibility index (Phi) is 4.02. The zero-order valence-corrected chi connectivity index (χ0v) is 10.4. The third-order valence-corrected chi connectivity index (χ3v) is 3.55. The van der Waals surface area contributed by atoms with Gasteiger partial charge >= 0.3 is 0 Å². The molecule has 0 bridgehead atoms. The molecule has 0 nitrogen and oxygen atoms in total. The summed E-state index contributed by atoms with van der Waals surface area (Å²) in [6.45, 7) is 0. The third kappa shape index (κ3) is 3.20. The zero-order chi connectivity index (χ0) is 12.3. The van der Waals surface area contributed by atoms with Gasteiger partial charge in [0.1, 0.15) is 11.6 Å². The Bertz CT molecular complexity index is 491. The first kappa shape index (κ1) is 12.4. The maximum atomic E-state index is 13.3. The van der Waals surface area contributed by atoms with Crippen LogP contribution in [0.15, 0.2) is 47.4 Å². The molecule has 0 heterocycles. The summed E-state index contributed by atoms with van der Waals surface area (Å²) in [4.78, 5) is 0.928. The highest BCUT2D eigenvalue weighted by molar-refractivity contribution is 7.98. The van der Waals surface area contributed by atoms with Crippen molar-refractivity contribution in [2.75, 3.05) is 0 Å². The molecule has 0 fully saturated rings. The zero-order valence-electron chi connectivity index (χ0n) is 8.79. The second-order valence-electron chi connectivity index (χ2n) is 3.44. The summed E-state index contributed by atoms with van der Waals surface area (Å²) in [5, 5.41) is 0.645. The van der Waals surface area contributed by atoms with Crippen molar-refractivity contribution in [3.63, 3.8) is 0 Å². The summed E-state index contributed by atoms with van der Waals surface area (Å²) in [5.41, 5.74) is 0.104. The van der Waals surface area contributed by atoms with E-state index in [2.05, 4.69) is 0 Å². The van der Waals surface area contributed by atoms with E-state index in [-0.39, 0.29) is 11.3 Å². The van der Waals surface area contributed by atoms with Crippen LogP contribution in [0, 0.1) is 11.6 Å². The monoisotopic (exact) mass is 270 g/mol. The van der Waals surface area contributed by atoms with E-state index < -0.39 is 11.6 Å². The second-order valence-corrected chi connectivity index (χ2v) is 4.93. The summed E-state index contributed by atoms with van der Waals surface area (Å²) in [6, 6.07) is 11.0. The molecule has 2 rings (SSSR count). The molecule has 0 aliphatic rings. The lowest BCUT2D eigenvalue weighted by Gasteiger charge is -2.04. The first-order chi connectivity index (χ1) is 8.16. The third-order valence-electron chi connectivity index (χ3n) is 2.26. The van der Waals surface area contributed by atoms with Gasteiger partial charge in [-0.1, -0.05) is 17.7 Å². The quantitative estimate of drug-likeness (QED) is 0.714. The van der Waals surface area contributed by atoms with E-state index in [1.165, 1.54) is 30.0 Å². The van der Waals surface area contributed by atoms with E-state index in [0.29, 0.717) is 5.02 Å². The number of thioether (sulfide) groups is 1. The highest BCUT2D eigenvalue weighted by Gasteiger charge is 2.08. The van der Waals surface area contributed by atoms with Crippen LogP contribution in [0.3, 0.4) is 0 Å². The molecule has 0 N–H and O–H groups in total. The summed E-state index contributed by atoms with van der Waals surface area (Å²) < 4.78 is 26.7. The Morgan fingerprint density at radius 3 is 2.12 bits per heavy atom. The van der Waals surface area contributed by atoms with Crippen molar-refractivity contribution in [1.29, 1.82) is 0 Å². The van der Waals surface area contributed by atoms with Gasteiger partial charge in [0.05, 0.1) is 0 Å². The Morgan fingerprint density at radius 2 is 1.53 bits per heavy atom. The van der Waals surface area contributed by atoms with E-state index in [4.69, 9.17) is 11.6 Å². The molecular weight excluding hydrogens is 262 g/mol. The number of halogens is 3. The van der Waals surface area contributed by atoms with Crippen LogP contribution in [0.4, 0.5) is 8.78 Å². The molecule has 0 aromatic heterocycles. The van der Waals surface area contributed by atoms with Gasteiger partial charge in [0.2, 0.25) is 0 Å². The molecule has 4 heteroatoms. The van der Waals surface area contributed by atoms with Crippen molar-refractivity contribution in [3.05, 3.63) is 64.7 Å². The Balaban J connectivity index is 2.10. The fourth-order valence-corrected chi connectivity index (χ4v) is 2.40. The van der Waals surface area contributed by atoms with Crippen molar-refractivity contribution < 1.29 is 8.78 Å². The number of benzene rings is 2. The van der Waals surface area contributed by atoms with Crippen LogP contribution in [0.5, 0.6) is 0 Å². The Labute approximate surface area is 108 Å². The molecule has 2 aromatic rings. The standard InChI is InChI=1S/C13H9ClF2S/c14-9-4-6-10(7-5-9)17-8-11-12(15)2-1-3-13(11)16/h1-7H,8H2. The van der Waals surface area contributed by atoms with Crippen molar-refractivity contribution in [2.24, 2.45) is 0 Å². The number of rotatable bonds is 3. The van der Waals surface area contributed by atoms with Gasteiger partial charge in [0, 0.05) is 21.2 Å². The molecular formula is C13H9ClF2S. The molecule has 0 aliphatic heterocycles. The van der Waals surface area contributed by atoms with Crippen LogP contribution in [0.25, 0.3) is 0 Å². The van der Waals surface area contributed by atoms with Gasteiger partial charge < -0.3 is 0 Å². The largest absolute Gasteiger partial charge is 0.207 e. The lowest BCUT2D eigenvalue weighted by Crippen LogP contribution is -1.92. The SMILES string of the molecule is Fc1cccc(F)c1CSc1ccc(Cl)cc1. The average Bonchev–Trinajstić information content (AvgIpc) is 2.31. The molecule has 17 heavy (non-hydrogen) atoms. The van der Waals surface area contributed by atoms with Crippen LogP contribution < -0.4 is 0 Å². The maximum Gasteiger partial charge on any atom is 0.130 e. The molecule has 0 atom stereocenters. The maximum absolute atomic E-state index is 13.3. The van der Waals surface area contributed by atoms with E-state index in [1.807, 2.05) is 12.1 Å². The predicted octanol–water partition coefficient (Wildman–Crippen LogP) is 4.91. The van der Waals surface area contributed by atoms with Gasteiger partial charge in [-0.25, -0.2) is 8.78 Å². The average molecular weight is 271 g/mol. The van der Waals surface area contributed by atoms with Crippen molar-refractivity contribution >= 4 is 23.4 Å². The molecule has 2 aromatic carbocycles. The second kappa shape index (κ2) is 5.52. The smallest absolute Gasteiger partial charge is 0.130 e. The van der Waals surface area contributed by atoms with Gasteiger partial charge in [-0.3, -0.25) is 0 Å². The van der Waals surface area contributed by atoms with Crippen molar-refractivity contribution in [1.82, 2.24) is 0 Å². The van der Waals surface area contributed by atoms with Crippen LogP contribution >= 0.6 is 23.4 Å². The Morgan fingerprint density at radius 1 is 0.941 bits per heavy atom. The molecule has 88 valence electrons. The normalized spacial score (nSPS) is 10.5. The molecule has 0 unspecified atom stereocenters. The fraction of sp³-hybridized carbons (Fsp3) is 0.0769. The van der Waals surface area contributed by atoms with Crippen LogP contribution in [0.2, 0.25) is 5.02 Å². The molecule has 0 amide bonds.